The molecule has 0 heterocycles. The van der Waals surface area contributed by atoms with Gasteiger partial charge in [-0.2, -0.15) is 0 Å². The lowest BCUT2D eigenvalue weighted by atomic mass is 10.4. The van der Waals surface area contributed by atoms with Gasteiger partial charge in [-0.05, 0) is 0 Å². The summed E-state index contributed by atoms with van der Waals surface area (Å²) in [4.78, 5) is 10.1. The van der Waals surface area contributed by atoms with Crippen molar-refractivity contribution in [3.8, 4) is 0 Å². The lowest BCUT2D eigenvalue weighted by Gasteiger charge is -2.11. The van der Waals surface area contributed by atoms with Crippen molar-refractivity contribution in [2.75, 3.05) is 19.6 Å². The Labute approximate surface area is 71.6 Å². The van der Waals surface area contributed by atoms with E-state index in [9.17, 15) is 4.79 Å². The van der Waals surface area contributed by atoms with Gasteiger partial charge in [0.25, 0.3) is 0 Å². The van der Waals surface area contributed by atoms with E-state index < -0.39 is 5.97 Å². The molecule has 70 valence electrons. The number of nitrogens with one attached hydrogen (secondary N) is 2. The Bertz CT molecular complexity index is 150. The third-order valence-electron chi connectivity index (χ3n) is 1.16. The zero-order valence-electron chi connectivity index (χ0n) is 6.92. The first-order valence-electron chi connectivity index (χ1n) is 3.69. The van der Waals surface area contributed by atoms with Gasteiger partial charge >= 0.3 is 5.97 Å². The lowest BCUT2D eigenvalue weighted by molar-refractivity contribution is -0.135. The Kier molecular flexibility index (Phi) is 6.26. The highest BCUT2D eigenvalue weighted by atomic mass is 16.4. The lowest BCUT2D eigenvalue weighted by Crippen LogP contribution is -2.46. The maximum absolute atomic E-state index is 10.1. The average molecular weight is 173 g/mol. The fourth-order valence-corrected chi connectivity index (χ4v) is 0.641. The first kappa shape index (κ1) is 11.1. The number of hydrogen-bond donors (Lipinski definition) is 4. The second-order valence-corrected chi connectivity index (χ2v) is 2.33. The highest BCUT2D eigenvalue weighted by Crippen LogP contribution is 1.69. The van der Waals surface area contributed by atoms with Crippen molar-refractivity contribution in [2.45, 2.75) is 6.17 Å². The molecule has 0 aromatic heterocycles. The SMILES string of the molecule is C=CCNC(N)CNCC(=O)O. The third kappa shape index (κ3) is 7.20. The summed E-state index contributed by atoms with van der Waals surface area (Å²) in [6.45, 7) is 4.49. The van der Waals surface area contributed by atoms with Gasteiger partial charge in [0.05, 0.1) is 12.7 Å². The fraction of sp³-hybridized carbons (Fsp3) is 0.571. The van der Waals surface area contributed by atoms with Crippen LogP contribution in [0.4, 0.5) is 0 Å². The molecular formula is C7H15N3O2. The number of carbonyl (C=O) groups is 1. The summed E-state index contributed by atoms with van der Waals surface area (Å²) in [7, 11) is 0. The van der Waals surface area contributed by atoms with Crippen LogP contribution in [0.1, 0.15) is 0 Å². The molecule has 0 rings (SSSR count). The number of rotatable bonds is 7. The monoisotopic (exact) mass is 173 g/mol. The van der Waals surface area contributed by atoms with Crippen molar-refractivity contribution in [3.63, 3.8) is 0 Å². The molecule has 5 heteroatoms. The minimum Gasteiger partial charge on any atom is -0.480 e. The van der Waals surface area contributed by atoms with Crippen LogP contribution >= 0.6 is 0 Å². The van der Waals surface area contributed by atoms with E-state index in [0.717, 1.165) is 0 Å². The third-order valence-corrected chi connectivity index (χ3v) is 1.16. The average Bonchev–Trinajstić information content (AvgIpc) is 2.00. The van der Waals surface area contributed by atoms with Gasteiger partial charge in [-0.3, -0.25) is 10.1 Å². The Morgan fingerprint density at radius 1 is 1.75 bits per heavy atom. The number of carboxylic acids is 1. The standard InChI is InChI=1S/C7H15N3O2/c1-2-3-10-6(8)4-9-5-7(11)12/h2,6,9-10H,1,3-5,8H2,(H,11,12). The number of aliphatic carboxylic acids is 1. The van der Waals surface area contributed by atoms with Gasteiger partial charge in [0.1, 0.15) is 0 Å². The molecule has 0 aromatic carbocycles. The van der Waals surface area contributed by atoms with Gasteiger partial charge in [0.2, 0.25) is 0 Å². The molecule has 5 nitrogen and oxygen atoms in total. The van der Waals surface area contributed by atoms with Crippen LogP contribution in [0.15, 0.2) is 12.7 Å². The van der Waals surface area contributed by atoms with Gasteiger partial charge in [0.15, 0.2) is 0 Å². The molecule has 1 atom stereocenters. The first-order valence-corrected chi connectivity index (χ1v) is 3.69. The number of carboxylic acid groups (broad SMARTS) is 1. The number of hydrogen-bond acceptors (Lipinski definition) is 4. The molecule has 0 spiro atoms. The van der Waals surface area contributed by atoms with Crippen LogP contribution in [0.2, 0.25) is 0 Å². The van der Waals surface area contributed by atoms with E-state index in [-0.39, 0.29) is 12.7 Å². The van der Waals surface area contributed by atoms with Gasteiger partial charge in [-0.25, -0.2) is 0 Å². The van der Waals surface area contributed by atoms with Crippen LogP contribution in [-0.2, 0) is 4.79 Å². The van der Waals surface area contributed by atoms with Crippen LogP contribution in [-0.4, -0.2) is 36.9 Å². The van der Waals surface area contributed by atoms with Crippen molar-refractivity contribution in [1.82, 2.24) is 10.6 Å². The van der Waals surface area contributed by atoms with Crippen LogP contribution < -0.4 is 16.4 Å². The smallest absolute Gasteiger partial charge is 0.317 e. The van der Waals surface area contributed by atoms with Crippen molar-refractivity contribution in [2.24, 2.45) is 5.73 Å². The van der Waals surface area contributed by atoms with Crippen LogP contribution in [0.5, 0.6) is 0 Å². The summed E-state index contributed by atoms with van der Waals surface area (Å²) < 4.78 is 0. The Balaban J connectivity index is 3.24. The molecule has 0 saturated carbocycles. The van der Waals surface area contributed by atoms with E-state index in [1.807, 2.05) is 0 Å². The van der Waals surface area contributed by atoms with E-state index in [1.54, 1.807) is 6.08 Å². The van der Waals surface area contributed by atoms with Gasteiger partial charge in [0, 0.05) is 13.1 Å². The predicted octanol–water partition coefficient (Wildman–Crippen LogP) is -1.28. The maximum atomic E-state index is 10.1. The largest absolute Gasteiger partial charge is 0.480 e. The van der Waals surface area contributed by atoms with Crippen LogP contribution in [0.3, 0.4) is 0 Å². The molecular weight excluding hydrogens is 158 g/mol. The van der Waals surface area contributed by atoms with Crippen molar-refractivity contribution >= 4 is 5.97 Å². The summed E-state index contributed by atoms with van der Waals surface area (Å²) in [6, 6.07) is 0. The highest BCUT2D eigenvalue weighted by Gasteiger charge is 2.00. The Morgan fingerprint density at radius 3 is 2.92 bits per heavy atom. The van der Waals surface area contributed by atoms with Crippen molar-refractivity contribution in [1.29, 1.82) is 0 Å². The van der Waals surface area contributed by atoms with E-state index in [2.05, 4.69) is 17.2 Å². The van der Waals surface area contributed by atoms with E-state index in [0.29, 0.717) is 13.1 Å². The molecule has 0 aliphatic carbocycles. The van der Waals surface area contributed by atoms with Gasteiger partial charge in [-0.1, -0.05) is 6.08 Å². The van der Waals surface area contributed by atoms with Crippen molar-refractivity contribution < 1.29 is 9.90 Å². The topological polar surface area (TPSA) is 87.4 Å². The normalized spacial score (nSPS) is 12.4. The van der Waals surface area contributed by atoms with E-state index >= 15 is 0 Å². The molecule has 12 heavy (non-hydrogen) atoms. The molecule has 0 radical (unpaired) electrons. The minimum absolute atomic E-state index is 0.0660. The zero-order chi connectivity index (χ0) is 9.40. The van der Waals surface area contributed by atoms with E-state index in [4.69, 9.17) is 10.8 Å². The first-order chi connectivity index (χ1) is 5.66. The summed E-state index contributed by atoms with van der Waals surface area (Å²) in [6.07, 6.45) is 1.46. The maximum Gasteiger partial charge on any atom is 0.317 e. The minimum atomic E-state index is -0.883. The summed E-state index contributed by atoms with van der Waals surface area (Å²) in [5.41, 5.74) is 5.53. The number of nitrogens with two attached hydrogens (primary N) is 1. The van der Waals surface area contributed by atoms with Crippen LogP contribution in [0, 0.1) is 0 Å². The molecule has 0 saturated heterocycles. The zero-order valence-corrected chi connectivity index (χ0v) is 6.92. The summed E-state index contributed by atoms with van der Waals surface area (Å²) in [5, 5.41) is 13.8. The molecule has 0 aliphatic rings. The van der Waals surface area contributed by atoms with Crippen LogP contribution in [0.25, 0.3) is 0 Å². The quantitative estimate of drug-likeness (QED) is 0.284. The molecule has 0 aliphatic heterocycles. The Morgan fingerprint density at radius 2 is 2.42 bits per heavy atom. The van der Waals surface area contributed by atoms with E-state index in [1.165, 1.54) is 0 Å². The molecule has 5 N–H and O–H groups in total. The fourth-order valence-electron chi connectivity index (χ4n) is 0.641. The summed E-state index contributed by atoms with van der Waals surface area (Å²) >= 11 is 0. The second kappa shape index (κ2) is 6.78. The predicted molar refractivity (Wildman–Crippen MR) is 46.7 cm³/mol. The Hall–Kier alpha value is -0.910. The molecule has 0 fully saturated rings. The van der Waals surface area contributed by atoms with Gasteiger partial charge in [-0.15, -0.1) is 6.58 Å². The molecule has 0 bridgehead atoms. The summed E-state index contributed by atoms with van der Waals surface area (Å²) in [5.74, 6) is -0.883. The highest BCUT2D eigenvalue weighted by molar-refractivity contribution is 5.68. The van der Waals surface area contributed by atoms with Crippen molar-refractivity contribution in [3.05, 3.63) is 12.7 Å². The second-order valence-electron chi connectivity index (χ2n) is 2.33. The van der Waals surface area contributed by atoms with Gasteiger partial charge < -0.3 is 16.2 Å². The molecule has 0 aromatic rings. The molecule has 0 amide bonds. The molecule has 1 unspecified atom stereocenters.